The molecule has 2 aromatic heterocycles. The normalized spacial score (nSPS) is 10.8. The Morgan fingerprint density at radius 3 is 2.68 bits per heavy atom. The lowest BCUT2D eigenvalue weighted by Gasteiger charge is -2.05. The molecule has 7 nitrogen and oxygen atoms in total. The van der Waals surface area contributed by atoms with Crippen LogP contribution in [0.2, 0.25) is 0 Å². The van der Waals surface area contributed by atoms with Gasteiger partial charge >= 0.3 is 0 Å². The molecule has 0 radical (unpaired) electrons. The van der Waals surface area contributed by atoms with Crippen molar-refractivity contribution in [2.45, 2.75) is 6.54 Å². The van der Waals surface area contributed by atoms with Gasteiger partial charge in [0.05, 0.1) is 12.9 Å². The van der Waals surface area contributed by atoms with E-state index in [9.17, 15) is 0 Å². The van der Waals surface area contributed by atoms with E-state index < -0.39 is 0 Å². The summed E-state index contributed by atoms with van der Waals surface area (Å²) >= 11 is 0. The fourth-order valence-electron chi connectivity index (χ4n) is 1.96. The van der Waals surface area contributed by atoms with Crippen LogP contribution in [0.15, 0.2) is 36.7 Å². The molecular weight excluding hydrogens is 242 g/mol. The smallest absolute Gasteiger partial charge is 0.224 e. The van der Waals surface area contributed by atoms with E-state index in [4.69, 9.17) is 11.6 Å². The predicted molar refractivity (Wildman–Crippen MR) is 73.1 cm³/mol. The summed E-state index contributed by atoms with van der Waals surface area (Å²) in [6.07, 6.45) is 1.70. The second-order valence-corrected chi connectivity index (χ2v) is 4.11. The van der Waals surface area contributed by atoms with Gasteiger partial charge in [-0.05, 0) is 5.56 Å². The maximum atomic E-state index is 5.66. The van der Waals surface area contributed by atoms with Crippen molar-refractivity contribution in [3.63, 3.8) is 0 Å². The molecule has 0 bridgehead atoms. The third-order valence-corrected chi connectivity index (χ3v) is 2.81. The van der Waals surface area contributed by atoms with Gasteiger partial charge in [0.15, 0.2) is 17.0 Å². The van der Waals surface area contributed by atoms with E-state index in [0.717, 1.165) is 5.56 Å². The molecule has 19 heavy (non-hydrogen) atoms. The molecule has 96 valence electrons. The molecule has 0 aliphatic rings. The number of benzene rings is 1. The highest BCUT2D eigenvalue weighted by atomic mass is 15.3. The average Bonchev–Trinajstić information content (AvgIpc) is 2.82. The molecule has 0 saturated carbocycles. The van der Waals surface area contributed by atoms with E-state index in [1.165, 1.54) is 0 Å². The summed E-state index contributed by atoms with van der Waals surface area (Å²) in [5.41, 5.74) is 10.6. The van der Waals surface area contributed by atoms with Crippen LogP contribution in [0.1, 0.15) is 5.56 Å². The molecule has 3 rings (SSSR count). The highest BCUT2D eigenvalue weighted by molar-refractivity contribution is 5.83. The van der Waals surface area contributed by atoms with Gasteiger partial charge in [-0.15, -0.1) is 0 Å². The fraction of sp³-hybridized carbons (Fsp3) is 0.0833. The van der Waals surface area contributed by atoms with Crippen LogP contribution >= 0.6 is 0 Å². The average molecular weight is 255 g/mol. The Bertz CT molecular complexity index is 705. The van der Waals surface area contributed by atoms with Crippen LogP contribution in [0.4, 0.5) is 11.8 Å². The van der Waals surface area contributed by atoms with Crippen LogP contribution in [0.3, 0.4) is 0 Å². The van der Waals surface area contributed by atoms with Gasteiger partial charge in [-0.1, -0.05) is 30.3 Å². The molecule has 0 spiro atoms. The number of aromatic nitrogens is 4. The molecule has 5 N–H and O–H groups in total. The Morgan fingerprint density at radius 1 is 1.16 bits per heavy atom. The fourth-order valence-corrected chi connectivity index (χ4v) is 1.96. The monoisotopic (exact) mass is 255 g/mol. The molecule has 0 unspecified atom stereocenters. The number of nitrogens with zero attached hydrogens (tertiary/aromatic N) is 4. The van der Waals surface area contributed by atoms with Gasteiger partial charge in [0.2, 0.25) is 5.95 Å². The first-order valence-electron chi connectivity index (χ1n) is 5.77. The summed E-state index contributed by atoms with van der Waals surface area (Å²) in [5.74, 6) is 5.99. The van der Waals surface area contributed by atoms with Crippen LogP contribution < -0.4 is 17.0 Å². The molecule has 1 aromatic carbocycles. The summed E-state index contributed by atoms with van der Waals surface area (Å²) in [7, 11) is 0. The molecule has 0 amide bonds. The molecule has 0 fully saturated rings. The zero-order chi connectivity index (χ0) is 13.2. The standard InChI is InChI=1S/C12H13N7/c13-12-16-10(18-14)9-11(17-12)19(7-15-9)6-8-4-2-1-3-5-8/h1-5,7H,6,14H2,(H3,13,16,17,18). The minimum atomic E-state index is 0.162. The Morgan fingerprint density at radius 2 is 1.95 bits per heavy atom. The number of anilines is 2. The summed E-state index contributed by atoms with van der Waals surface area (Å²) < 4.78 is 1.91. The van der Waals surface area contributed by atoms with Crippen molar-refractivity contribution in [3.05, 3.63) is 42.2 Å². The van der Waals surface area contributed by atoms with Gasteiger partial charge < -0.3 is 15.7 Å². The van der Waals surface area contributed by atoms with E-state index in [1.807, 2.05) is 34.9 Å². The Kier molecular flexibility index (Phi) is 2.73. The van der Waals surface area contributed by atoms with E-state index in [1.54, 1.807) is 6.33 Å². The van der Waals surface area contributed by atoms with Crippen LogP contribution in [0, 0.1) is 0 Å². The molecule has 0 atom stereocenters. The number of imidazole rings is 1. The van der Waals surface area contributed by atoms with E-state index in [0.29, 0.717) is 23.5 Å². The minimum Gasteiger partial charge on any atom is -0.368 e. The Hall–Kier alpha value is -2.67. The van der Waals surface area contributed by atoms with Gasteiger partial charge in [-0.2, -0.15) is 9.97 Å². The number of nitrogens with two attached hydrogens (primary N) is 2. The zero-order valence-corrected chi connectivity index (χ0v) is 10.1. The largest absolute Gasteiger partial charge is 0.368 e. The van der Waals surface area contributed by atoms with Crippen molar-refractivity contribution in [1.29, 1.82) is 0 Å². The van der Waals surface area contributed by atoms with Crippen LogP contribution in [0.5, 0.6) is 0 Å². The number of nitrogen functional groups attached to an aromatic ring is 2. The summed E-state index contributed by atoms with van der Waals surface area (Å²) in [6, 6.07) is 10.0. The van der Waals surface area contributed by atoms with E-state index in [2.05, 4.69) is 20.4 Å². The molecule has 0 saturated heterocycles. The Labute approximate surface area is 109 Å². The SMILES string of the molecule is NNc1nc(N)nc2c1ncn2Cc1ccccc1. The number of fused-ring (bicyclic) bond motifs is 1. The second-order valence-electron chi connectivity index (χ2n) is 4.11. The first kappa shape index (κ1) is 11.4. The number of hydrogen-bond acceptors (Lipinski definition) is 6. The van der Waals surface area contributed by atoms with Crippen LogP contribution in [-0.2, 0) is 6.54 Å². The zero-order valence-electron chi connectivity index (χ0n) is 10.1. The third kappa shape index (κ3) is 2.06. The van der Waals surface area contributed by atoms with Gasteiger partial charge in [0.1, 0.15) is 0 Å². The maximum Gasteiger partial charge on any atom is 0.224 e. The van der Waals surface area contributed by atoms with Gasteiger partial charge in [0, 0.05) is 0 Å². The third-order valence-electron chi connectivity index (χ3n) is 2.81. The predicted octanol–water partition coefficient (Wildman–Crippen LogP) is 0.742. The molecule has 3 aromatic rings. The highest BCUT2D eigenvalue weighted by Gasteiger charge is 2.11. The van der Waals surface area contributed by atoms with E-state index in [-0.39, 0.29) is 5.95 Å². The molecule has 2 heterocycles. The van der Waals surface area contributed by atoms with Crippen molar-refractivity contribution < 1.29 is 0 Å². The molecule has 0 aliphatic carbocycles. The quantitative estimate of drug-likeness (QED) is 0.470. The van der Waals surface area contributed by atoms with Crippen molar-refractivity contribution in [2.75, 3.05) is 11.2 Å². The number of hydrogen-bond donors (Lipinski definition) is 3. The van der Waals surface area contributed by atoms with Crippen LogP contribution in [-0.4, -0.2) is 19.5 Å². The van der Waals surface area contributed by atoms with E-state index >= 15 is 0 Å². The lowest BCUT2D eigenvalue weighted by Crippen LogP contribution is -2.11. The number of nitrogens with one attached hydrogen (secondary N) is 1. The summed E-state index contributed by atoms with van der Waals surface area (Å²) in [4.78, 5) is 12.5. The van der Waals surface area contributed by atoms with Crippen molar-refractivity contribution >= 4 is 22.9 Å². The Balaban J connectivity index is 2.08. The molecule has 0 aliphatic heterocycles. The van der Waals surface area contributed by atoms with Gasteiger partial charge in [-0.25, -0.2) is 10.8 Å². The summed E-state index contributed by atoms with van der Waals surface area (Å²) in [6.45, 7) is 0.664. The highest BCUT2D eigenvalue weighted by Crippen LogP contribution is 2.19. The number of rotatable bonds is 3. The first-order valence-corrected chi connectivity index (χ1v) is 5.77. The van der Waals surface area contributed by atoms with Crippen molar-refractivity contribution in [3.8, 4) is 0 Å². The first-order chi connectivity index (χ1) is 9.28. The lowest BCUT2D eigenvalue weighted by atomic mass is 10.2. The summed E-state index contributed by atoms with van der Waals surface area (Å²) in [5, 5.41) is 0. The molecular formula is C12H13N7. The number of hydrazine groups is 1. The van der Waals surface area contributed by atoms with Crippen LogP contribution in [0.25, 0.3) is 11.2 Å². The lowest BCUT2D eigenvalue weighted by molar-refractivity contribution is 0.814. The minimum absolute atomic E-state index is 0.162. The second kappa shape index (κ2) is 4.54. The maximum absolute atomic E-state index is 5.66. The molecule has 7 heteroatoms. The van der Waals surface area contributed by atoms with Gasteiger partial charge in [0.25, 0.3) is 0 Å². The van der Waals surface area contributed by atoms with Gasteiger partial charge in [-0.3, -0.25) is 0 Å². The topological polar surface area (TPSA) is 108 Å². The van der Waals surface area contributed by atoms with Crippen molar-refractivity contribution in [2.24, 2.45) is 5.84 Å². The van der Waals surface area contributed by atoms with Crippen molar-refractivity contribution in [1.82, 2.24) is 19.5 Å².